The molecule has 3 nitrogen and oxygen atoms in total. The molecule has 0 spiro atoms. The highest BCUT2D eigenvalue weighted by Gasteiger charge is 2.33. The van der Waals surface area contributed by atoms with Gasteiger partial charge < -0.3 is 5.73 Å². The molecule has 0 unspecified atom stereocenters. The number of alkyl halides is 3. The molecule has 0 atom stereocenters. The van der Waals surface area contributed by atoms with E-state index >= 15 is 0 Å². The van der Waals surface area contributed by atoms with Gasteiger partial charge in [-0.3, -0.25) is 4.68 Å². The molecule has 1 aromatic carbocycles. The molecular weight excluding hydrogens is 279 g/mol. The number of nitrogens with zero attached hydrogens (tertiary/aromatic N) is 2. The molecule has 1 aromatic heterocycles. The number of nitrogens with two attached hydrogens (primary N) is 1. The van der Waals surface area contributed by atoms with Crippen molar-refractivity contribution in [3.63, 3.8) is 0 Å². The maximum Gasteiger partial charge on any atom is 0.417 e. The SMILES string of the molecule is Cl.NCCn1cc(-c2ccccc2C(F)(F)F)cn1. The monoisotopic (exact) mass is 291 g/mol. The number of benzene rings is 1. The van der Waals surface area contributed by atoms with Crippen LogP contribution in [0.15, 0.2) is 36.7 Å². The Kier molecular flexibility index (Phi) is 4.97. The predicted octanol–water partition coefficient (Wildman–Crippen LogP) is 2.95. The van der Waals surface area contributed by atoms with E-state index in [1.165, 1.54) is 23.0 Å². The Hall–Kier alpha value is -1.53. The van der Waals surface area contributed by atoms with Gasteiger partial charge in [-0.1, -0.05) is 18.2 Å². The van der Waals surface area contributed by atoms with Gasteiger partial charge in [0.2, 0.25) is 0 Å². The summed E-state index contributed by atoms with van der Waals surface area (Å²) in [6.45, 7) is 0.871. The zero-order chi connectivity index (χ0) is 13.2. The summed E-state index contributed by atoms with van der Waals surface area (Å²) in [6.07, 6.45) is -1.38. The van der Waals surface area contributed by atoms with Crippen molar-refractivity contribution < 1.29 is 13.2 Å². The first-order chi connectivity index (χ1) is 8.52. The van der Waals surface area contributed by atoms with Crippen LogP contribution in [-0.2, 0) is 12.7 Å². The molecule has 2 aromatic rings. The minimum atomic E-state index is -4.37. The normalized spacial score (nSPS) is 11.2. The molecule has 2 N–H and O–H groups in total. The lowest BCUT2D eigenvalue weighted by Gasteiger charge is -2.10. The Labute approximate surface area is 114 Å². The van der Waals surface area contributed by atoms with Crippen LogP contribution in [0.4, 0.5) is 13.2 Å². The van der Waals surface area contributed by atoms with E-state index in [9.17, 15) is 13.2 Å². The highest BCUT2D eigenvalue weighted by atomic mass is 35.5. The van der Waals surface area contributed by atoms with Crippen molar-refractivity contribution in [2.45, 2.75) is 12.7 Å². The first-order valence-corrected chi connectivity index (χ1v) is 5.41. The quantitative estimate of drug-likeness (QED) is 0.945. The van der Waals surface area contributed by atoms with E-state index in [1.807, 2.05) is 0 Å². The molecular formula is C12H13ClF3N3. The number of aromatic nitrogens is 2. The van der Waals surface area contributed by atoms with Crippen molar-refractivity contribution in [1.29, 1.82) is 0 Å². The van der Waals surface area contributed by atoms with E-state index in [-0.39, 0.29) is 18.0 Å². The van der Waals surface area contributed by atoms with E-state index in [0.717, 1.165) is 6.07 Å². The molecule has 0 aliphatic heterocycles. The van der Waals surface area contributed by atoms with Crippen LogP contribution in [-0.4, -0.2) is 16.3 Å². The fraction of sp³-hybridized carbons (Fsp3) is 0.250. The van der Waals surface area contributed by atoms with Gasteiger partial charge in [-0.05, 0) is 11.6 Å². The van der Waals surface area contributed by atoms with Crippen LogP contribution in [0.25, 0.3) is 11.1 Å². The highest BCUT2D eigenvalue weighted by Crippen LogP contribution is 2.36. The van der Waals surface area contributed by atoms with Crippen LogP contribution in [0.5, 0.6) is 0 Å². The van der Waals surface area contributed by atoms with Crippen molar-refractivity contribution in [3.8, 4) is 11.1 Å². The summed E-state index contributed by atoms with van der Waals surface area (Å²) in [7, 11) is 0. The molecule has 0 aliphatic rings. The first-order valence-electron chi connectivity index (χ1n) is 5.41. The fourth-order valence-corrected chi connectivity index (χ4v) is 1.74. The lowest BCUT2D eigenvalue weighted by molar-refractivity contribution is -0.137. The molecule has 104 valence electrons. The van der Waals surface area contributed by atoms with Gasteiger partial charge in [-0.2, -0.15) is 18.3 Å². The zero-order valence-corrected chi connectivity index (χ0v) is 10.7. The molecule has 2 rings (SSSR count). The summed E-state index contributed by atoms with van der Waals surface area (Å²) in [4.78, 5) is 0. The predicted molar refractivity (Wildman–Crippen MR) is 69.0 cm³/mol. The van der Waals surface area contributed by atoms with Gasteiger partial charge in [0.1, 0.15) is 0 Å². The Morgan fingerprint density at radius 3 is 2.53 bits per heavy atom. The van der Waals surface area contributed by atoms with Gasteiger partial charge in [-0.15, -0.1) is 12.4 Å². The summed E-state index contributed by atoms with van der Waals surface area (Å²) < 4.78 is 40.1. The standard InChI is InChI=1S/C12H12F3N3.ClH/c13-12(14,15)11-4-2-1-3-10(11)9-7-17-18(8-9)6-5-16;/h1-4,7-8H,5-6,16H2;1H. The third-order valence-electron chi connectivity index (χ3n) is 2.53. The van der Waals surface area contributed by atoms with Gasteiger partial charge in [0, 0.05) is 18.3 Å². The van der Waals surface area contributed by atoms with E-state index in [0.29, 0.717) is 18.7 Å². The van der Waals surface area contributed by atoms with Crippen LogP contribution in [0.1, 0.15) is 5.56 Å². The zero-order valence-electron chi connectivity index (χ0n) is 9.89. The largest absolute Gasteiger partial charge is 0.417 e. The Balaban J connectivity index is 0.00000180. The molecule has 0 aliphatic carbocycles. The minimum Gasteiger partial charge on any atom is -0.329 e. The van der Waals surface area contributed by atoms with Crippen LogP contribution < -0.4 is 5.73 Å². The summed E-state index contributed by atoms with van der Waals surface area (Å²) >= 11 is 0. The molecule has 0 fully saturated rings. The van der Waals surface area contributed by atoms with Gasteiger partial charge in [0.15, 0.2) is 0 Å². The van der Waals surface area contributed by atoms with Gasteiger partial charge in [0.05, 0.1) is 18.3 Å². The van der Waals surface area contributed by atoms with Crippen molar-refractivity contribution in [3.05, 3.63) is 42.2 Å². The fourth-order valence-electron chi connectivity index (χ4n) is 1.74. The molecule has 19 heavy (non-hydrogen) atoms. The second-order valence-corrected chi connectivity index (χ2v) is 3.82. The molecule has 0 radical (unpaired) electrons. The number of halogens is 4. The third kappa shape index (κ3) is 3.48. The van der Waals surface area contributed by atoms with Gasteiger partial charge in [0.25, 0.3) is 0 Å². The van der Waals surface area contributed by atoms with Crippen LogP contribution in [0, 0.1) is 0 Å². The van der Waals surface area contributed by atoms with Crippen LogP contribution in [0.3, 0.4) is 0 Å². The molecule has 0 amide bonds. The Bertz CT molecular complexity index is 537. The maximum absolute atomic E-state index is 12.8. The van der Waals surface area contributed by atoms with Gasteiger partial charge >= 0.3 is 6.18 Å². The van der Waals surface area contributed by atoms with E-state index in [4.69, 9.17) is 5.73 Å². The first kappa shape index (κ1) is 15.5. The highest BCUT2D eigenvalue weighted by molar-refractivity contribution is 5.85. The molecule has 0 saturated carbocycles. The maximum atomic E-state index is 12.8. The summed E-state index contributed by atoms with van der Waals surface area (Å²) in [6, 6.07) is 5.45. The van der Waals surface area contributed by atoms with Crippen molar-refractivity contribution in [2.75, 3.05) is 6.54 Å². The second kappa shape index (κ2) is 6.08. The van der Waals surface area contributed by atoms with Crippen LogP contribution >= 0.6 is 12.4 Å². The second-order valence-electron chi connectivity index (χ2n) is 3.82. The van der Waals surface area contributed by atoms with E-state index < -0.39 is 11.7 Å². The average Bonchev–Trinajstić information content (AvgIpc) is 2.77. The molecule has 0 bridgehead atoms. The van der Waals surface area contributed by atoms with Gasteiger partial charge in [-0.25, -0.2) is 0 Å². The van der Waals surface area contributed by atoms with E-state index in [2.05, 4.69) is 5.10 Å². The Morgan fingerprint density at radius 1 is 1.21 bits per heavy atom. The summed E-state index contributed by atoms with van der Waals surface area (Å²) in [5.74, 6) is 0. The summed E-state index contributed by atoms with van der Waals surface area (Å²) in [5.41, 5.74) is 5.29. The summed E-state index contributed by atoms with van der Waals surface area (Å²) in [5, 5.41) is 3.97. The number of hydrogen-bond acceptors (Lipinski definition) is 2. The molecule has 7 heteroatoms. The number of hydrogen-bond donors (Lipinski definition) is 1. The topological polar surface area (TPSA) is 43.8 Å². The van der Waals surface area contributed by atoms with Crippen molar-refractivity contribution >= 4 is 12.4 Å². The lowest BCUT2D eigenvalue weighted by Crippen LogP contribution is -2.09. The molecule has 1 heterocycles. The number of rotatable bonds is 3. The van der Waals surface area contributed by atoms with E-state index in [1.54, 1.807) is 12.3 Å². The van der Waals surface area contributed by atoms with Crippen molar-refractivity contribution in [2.24, 2.45) is 5.73 Å². The molecule has 0 saturated heterocycles. The average molecular weight is 292 g/mol. The smallest absolute Gasteiger partial charge is 0.329 e. The Morgan fingerprint density at radius 2 is 1.89 bits per heavy atom. The lowest BCUT2D eigenvalue weighted by atomic mass is 10.0. The van der Waals surface area contributed by atoms with Crippen LogP contribution in [0.2, 0.25) is 0 Å². The van der Waals surface area contributed by atoms with Crippen molar-refractivity contribution in [1.82, 2.24) is 9.78 Å². The third-order valence-corrected chi connectivity index (χ3v) is 2.53. The minimum absolute atomic E-state index is 0.